The monoisotopic (exact) mass is 350 g/mol. The fourth-order valence-electron chi connectivity index (χ4n) is 3.64. The maximum Gasteiger partial charge on any atom is 0.259 e. The van der Waals surface area contributed by atoms with Crippen molar-refractivity contribution < 1.29 is 14.3 Å². The predicted octanol–water partition coefficient (Wildman–Crippen LogP) is 3.95. The zero-order valence-electron chi connectivity index (χ0n) is 15.0. The fraction of sp³-hybridized carbons (Fsp3) is 0.333. The first-order valence-electron chi connectivity index (χ1n) is 9.06. The van der Waals surface area contributed by atoms with Crippen LogP contribution in [0.4, 0.5) is 11.4 Å². The van der Waals surface area contributed by atoms with Gasteiger partial charge in [-0.15, -0.1) is 0 Å². The SMILES string of the molecule is C[C@@H]1Oc2c(C(=O)Nc3cccc(N4CCCC4=O)c3)cccc2[C@@H]1C. The molecule has 2 aromatic rings. The van der Waals surface area contributed by atoms with Crippen molar-refractivity contribution in [1.29, 1.82) is 0 Å². The Balaban J connectivity index is 1.58. The lowest BCUT2D eigenvalue weighted by atomic mass is 9.97. The summed E-state index contributed by atoms with van der Waals surface area (Å²) in [5, 5.41) is 2.94. The molecule has 0 saturated carbocycles. The molecule has 0 bridgehead atoms. The molecule has 2 atom stereocenters. The Hall–Kier alpha value is -2.82. The summed E-state index contributed by atoms with van der Waals surface area (Å²) in [7, 11) is 0. The lowest BCUT2D eigenvalue weighted by molar-refractivity contribution is -0.117. The third kappa shape index (κ3) is 2.83. The van der Waals surface area contributed by atoms with Crippen molar-refractivity contribution in [3.63, 3.8) is 0 Å². The number of rotatable bonds is 3. The molecule has 1 saturated heterocycles. The molecular weight excluding hydrogens is 328 g/mol. The summed E-state index contributed by atoms with van der Waals surface area (Å²) in [6, 6.07) is 13.1. The molecule has 26 heavy (non-hydrogen) atoms. The first-order chi connectivity index (χ1) is 12.5. The number of anilines is 2. The second-order valence-electron chi connectivity index (χ2n) is 6.99. The summed E-state index contributed by atoms with van der Waals surface area (Å²) in [5.74, 6) is 0.872. The fourth-order valence-corrected chi connectivity index (χ4v) is 3.64. The van der Waals surface area contributed by atoms with Crippen LogP contribution in [0.3, 0.4) is 0 Å². The molecule has 2 amide bonds. The molecule has 0 spiro atoms. The van der Waals surface area contributed by atoms with E-state index in [4.69, 9.17) is 4.74 Å². The normalized spacial score (nSPS) is 21.5. The summed E-state index contributed by atoms with van der Waals surface area (Å²) < 4.78 is 5.91. The Morgan fingerprint density at radius 2 is 2.00 bits per heavy atom. The smallest absolute Gasteiger partial charge is 0.259 e. The number of amides is 2. The second-order valence-corrected chi connectivity index (χ2v) is 6.99. The van der Waals surface area contributed by atoms with Gasteiger partial charge in [0.2, 0.25) is 5.91 Å². The van der Waals surface area contributed by atoms with Crippen LogP contribution in [0.2, 0.25) is 0 Å². The molecule has 2 heterocycles. The van der Waals surface area contributed by atoms with Crippen LogP contribution in [0.25, 0.3) is 0 Å². The first kappa shape index (κ1) is 16.6. The van der Waals surface area contributed by atoms with E-state index in [1.54, 1.807) is 11.0 Å². The van der Waals surface area contributed by atoms with E-state index in [1.165, 1.54) is 0 Å². The summed E-state index contributed by atoms with van der Waals surface area (Å²) in [4.78, 5) is 26.5. The molecule has 2 aliphatic rings. The van der Waals surface area contributed by atoms with Crippen molar-refractivity contribution in [1.82, 2.24) is 0 Å². The highest BCUT2D eigenvalue weighted by molar-refractivity contribution is 6.07. The lowest BCUT2D eigenvalue weighted by Crippen LogP contribution is -2.23. The minimum absolute atomic E-state index is 0.0588. The predicted molar refractivity (Wildman–Crippen MR) is 101 cm³/mol. The summed E-state index contributed by atoms with van der Waals surface area (Å²) in [6.45, 7) is 4.85. The molecule has 0 aromatic heterocycles. The second kappa shape index (κ2) is 6.48. The average Bonchev–Trinajstić information content (AvgIpc) is 3.19. The van der Waals surface area contributed by atoms with Crippen LogP contribution in [0.1, 0.15) is 48.5 Å². The number of hydrogen-bond donors (Lipinski definition) is 1. The summed E-state index contributed by atoms with van der Waals surface area (Å²) in [5.41, 5.74) is 3.11. The van der Waals surface area contributed by atoms with Gasteiger partial charge in [0.25, 0.3) is 5.91 Å². The first-order valence-corrected chi connectivity index (χ1v) is 9.06. The number of hydrogen-bond acceptors (Lipinski definition) is 3. The number of carbonyl (C=O) groups excluding carboxylic acids is 2. The van der Waals surface area contributed by atoms with E-state index in [2.05, 4.69) is 12.2 Å². The van der Waals surface area contributed by atoms with E-state index in [1.807, 2.05) is 43.3 Å². The molecule has 4 rings (SSSR count). The van der Waals surface area contributed by atoms with Crippen molar-refractivity contribution in [2.24, 2.45) is 0 Å². The van der Waals surface area contributed by atoms with Crippen molar-refractivity contribution in [2.45, 2.75) is 38.7 Å². The lowest BCUT2D eigenvalue weighted by Gasteiger charge is -2.17. The number of para-hydroxylation sites is 1. The van der Waals surface area contributed by atoms with Gasteiger partial charge in [-0.2, -0.15) is 0 Å². The highest BCUT2D eigenvalue weighted by Gasteiger charge is 2.31. The minimum atomic E-state index is -0.201. The topological polar surface area (TPSA) is 58.6 Å². The van der Waals surface area contributed by atoms with Crippen LogP contribution in [0.15, 0.2) is 42.5 Å². The number of nitrogens with one attached hydrogen (secondary N) is 1. The van der Waals surface area contributed by atoms with E-state index in [0.29, 0.717) is 23.4 Å². The molecule has 0 aliphatic carbocycles. The number of fused-ring (bicyclic) bond motifs is 1. The zero-order valence-corrected chi connectivity index (χ0v) is 15.0. The van der Waals surface area contributed by atoms with Crippen molar-refractivity contribution in [3.8, 4) is 5.75 Å². The largest absolute Gasteiger partial charge is 0.489 e. The van der Waals surface area contributed by atoms with Crippen LogP contribution in [0, 0.1) is 0 Å². The Morgan fingerprint density at radius 3 is 2.77 bits per heavy atom. The molecule has 5 nitrogen and oxygen atoms in total. The van der Waals surface area contributed by atoms with Gasteiger partial charge in [-0.3, -0.25) is 9.59 Å². The molecule has 5 heteroatoms. The molecular formula is C21H22N2O3. The van der Waals surface area contributed by atoms with Gasteiger partial charge in [0.15, 0.2) is 0 Å². The highest BCUT2D eigenvalue weighted by atomic mass is 16.5. The molecule has 0 unspecified atom stereocenters. The van der Waals surface area contributed by atoms with Crippen LogP contribution >= 0.6 is 0 Å². The van der Waals surface area contributed by atoms with Gasteiger partial charge >= 0.3 is 0 Å². The Morgan fingerprint density at radius 1 is 1.19 bits per heavy atom. The van der Waals surface area contributed by atoms with Crippen molar-refractivity contribution >= 4 is 23.2 Å². The average molecular weight is 350 g/mol. The zero-order chi connectivity index (χ0) is 18.3. The molecule has 0 radical (unpaired) electrons. The summed E-state index contributed by atoms with van der Waals surface area (Å²) >= 11 is 0. The van der Waals surface area contributed by atoms with Crippen LogP contribution in [-0.4, -0.2) is 24.5 Å². The maximum absolute atomic E-state index is 12.8. The molecule has 2 aromatic carbocycles. The molecule has 2 aliphatic heterocycles. The van der Waals surface area contributed by atoms with E-state index in [0.717, 1.165) is 24.2 Å². The minimum Gasteiger partial charge on any atom is -0.489 e. The van der Waals surface area contributed by atoms with E-state index in [9.17, 15) is 9.59 Å². The standard InChI is InChI=1S/C21H22N2O3/c1-13-14(2)26-20-17(13)8-4-9-18(20)21(25)22-15-6-3-7-16(12-15)23-11-5-10-19(23)24/h3-4,6-9,12-14H,5,10-11H2,1-2H3,(H,22,25)/t13-,14+/m1/s1. The van der Waals surface area contributed by atoms with E-state index >= 15 is 0 Å². The quantitative estimate of drug-likeness (QED) is 0.912. The third-order valence-electron chi connectivity index (χ3n) is 5.28. The van der Waals surface area contributed by atoms with Crippen LogP contribution in [-0.2, 0) is 4.79 Å². The number of carbonyl (C=O) groups is 2. The van der Waals surface area contributed by atoms with E-state index in [-0.39, 0.29) is 23.8 Å². The van der Waals surface area contributed by atoms with Gasteiger partial charge in [-0.05, 0) is 37.6 Å². The van der Waals surface area contributed by atoms with Gasteiger partial charge in [0.1, 0.15) is 11.9 Å². The Kier molecular flexibility index (Phi) is 4.15. The number of ether oxygens (including phenoxy) is 1. The molecule has 1 N–H and O–H groups in total. The van der Waals surface area contributed by atoms with Gasteiger partial charge in [0, 0.05) is 35.8 Å². The van der Waals surface area contributed by atoms with Gasteiger partial charge in [-0.25, -0.2) is 0 Å². The molecule has 134 valence electrons. The molecule has 1 fully saturated rings. The van der Waals surface area contributed by atoms with E-state index < -0.39 is 0 Å². The van der Waals surface area contributed by atoms with Crippen molar-refractivity contribution in [3.05, 3.63) is 53.6 Å². The van der Waals surface area contributed by atoms with Crippen molar-refractivity contribution in [2.75, 3.05) is 16.8 Å². The van der Waals surface area contributed by atoms with Gasteiger partial charge < -0.3 is 15.0 Å². The number of benzene rings is 2. The van der Waals surface area contributed by atoms with Crippen LogP contribution in [0.5, 0.6) is 5.75 Å². The Labute approximate surface area is 153 Å². The van der Waals surface area contributed by atoms with Gasteiger partial charge in [0.05, 0.1) is 5.56 Å². The van der Waals surface area contributed by atoms with Gasteiger partial charge in [-0.1, -0.05) is 25.1 Å². The number of nitrogens with zero attached hydrogens (tertiary/aromatic N) is 1. The Bertz CT molecular complexity index is 877. The van der Waals surface area contributed by atoms with Crippen LogP contribution < -0.4 is 15.0 Å². The third-order valence-corrected chi connectivity index (χ3v) is 5.28. The maximum atomic E-state index is 12.8. The highest BCUT2D eigenvalue weighted by Crippen LogP contribution is 2.40. The summed E-state index contributed by atoms with van der Waals surface area (Å²) in [6.07, 6.45) is 1.52.